The monoisotopic (exact) mass is 420 g/mol. The maximum Gasteiger partial charge on any atom is 0.363 e. The Morgan fingerprint density at radius 1 is 1.22 bits per heavy atom. The Labute approximate surface area is 157 Å². The summed E-state index contributed by atoms with van der Waals surface area (Å²) in [6.45, 7) is 0. The number of carbonyl (C=O) groups excluding carboxylic acids is 1. The molecule has 1 amide bonds. The summed E-state index contributed by atoms with van der Waals surface area (Å²) >= 11 is 5.65. The molecule has 0 unspecified atom stereocenters. The summed E-state index contributed by atoms with van der Waals surface area (Å²) in [7, 11) is -0.926. The van der Waals surface area contributed by atoms with E-state index in [0.717, 1.165) is 4.68 Å². The van der Waals surface area contributed by atoms with Crippen molar-refractivity contribution in [2.24, 2.45) is 7.05 Å². The predicted octanol–water partition coefficient (Wildman–Crippen LogP) is 0.553. The van der Waals surface area contributed by atoms with Gasteiger partial charge in [-0.25, -0.2) is 9.48 Å². The Kier molecular flexibility index (Phi) is 5.70. The molecule has 0 aliphatic heterocycles. The molecule has 27 heavy (non-hydrogen) atoms. The van der Waals surface area contributed by atoms with Crippen molar-refractivity contribution in [3.8, 4) is 11.8 Å². The van der Waals surface area contributed by atoms with Crippen LogP contribution in [0.1, 0.15) is 10.4 Å². The van der Waals surface area contributed by atoms with Gasteiger partial charge in [-0.2, -0.15) is 23.5 Å². The number of sulfonamides is 1. The van der Waals surface area contributed by atoms with Gasteiger partial charge in [-0.3, -0.25) is 14.8 Å². The molecular weight excluding hydrogens is 408 g/mol. The SMILES string of the molecule is COc1cc(OC)nc(NC(=O)S(=O)(=O)Nc2c(C(=O)O)c(Cl)nn2C)n1. The maximum absolute atomic E-state index is 12.2. The molecule has 0 fully saturated rings. The third-order valence-electron chi connectivity index (χ3n) is 3.00. The summed E-state index contributed by atoms with van der Waals surface area (Å²) in [4.78, 5) is 30.8. The molecule has 2 aromatic heterocycles. The lowest BCUT2D eigenvalue weighted by Crippen LogP contribution is -2.30. The van der Waals surface area contributed by atoms with Crippen LogP contribution < -0.4 is 19.5 Å². The number of rotatable bonds is 6. The van der Waals surface area contributed by atoms with Gasteiger partial charge in [-0.15, -0.1) is 0 Å². The van der Waals surface area contributed by atoms with Gasteiger partial charge in [0, 0.05) is 7.05 Å². The summed E-state index contributed by atoms with van der Waals surface area (Å²) in [5.74, 6) is -2.44. The van der Waals surface area contributed by atoms with Crippen LogP contribution in [0, 0.1) is 0 Å². The maximum atomic E-state index is 12.2. The van der Waals surface area contributed by atoms with Gasteiger partial charge in [0.1, 0.15) is 5.56 Å². The molecular formula is C12H13ClN6O7S. The third kappa shape index (κ3) is 4.35. The average Bonchev–Trinajstić information content (AvgIpc) is 2.87. The minimum absolute atomic E-state index is 0.00841. The number of aromatic nitrogens is 4. The standard InChI is InChI=1S/C12H13ClN6O7S/c1-19-9(7(10(20)21)8(13)17-19)18-27(23,24)12(22)16-11-14-5(25-2)4-6(15-11)26-3/h4,18H,1-3H3,(H,20,21)(H,14,15,16,22). The van der Waals surface area contributed by atoms with Crippen molar-refractivity contribution in [3.05, 3.63) is 16.8 Å². The van der Waals surface area contributed by atoms with Gasteiger partial charge in [0.05, 0.1) is 20.3 Å². The fourth-order valence-corrected chi connectivity index (χ4v) is 2.89. The highest BCUT2D eigenvalue weighted by Gasteiger charge is 2.30. The number of amides is 1. The number of carboxylic acid groups (broad SMARTS) is 1. The number of methoxy groups -OCH3 is 2. The Hall–Kier alpha value is -3.13. The van der Waals surface area contributed by atoms with E-state index in [2.05, 4.69) is 15.1 Å². The smallest absolute Gasteiger partial charge is 0.363 e. The Bertz CT molecular complexity index is 984. The number of nitrogens with zero attached hydrogens (tertiary/aromatic N) is 4. The molecule has 146 valence electrons. The first-order chi connectivity index (χ1) is 12.6. The van der Waals surface area contributed by atoms with Gasteiger partial charge in [-0.05, 0) is 0 Å². The second kappa shape index (κ2) is 7.63. The summed E-state index contributed by atoms with van der Waals surface area (Å²) in [6, 6.07) is 1.30. The van der Waals surface area contributed by atoms with Gasteiger partial charge in [0.15, 0.2) is 11.0 Å². The van der Waals surface area contributed by atoms with Crippen molar-refractivity contribution in [2.75, 3.05) is 24.3 Å². The van der Waals surface area contributed by atoms with Crippen LogP contribution >= 0.6 is 11.6 Å². The van der Waals surface area contributed by atoms with Crippen LogP contribution in [0.25, 0.3) is 0 Å². The molecule has 0 bridgehead atoms. The van der Waals surface area contributed by atoms with Crippen molar-refractivity contribution in [1.29, 1.82) is 0 Å². The van der Waals surface area contributed by atoms with Gasteiger partial charge in [-0.1, -0.05) is 11.6 Å². The van der Waals surface area contributed by atoms with Crippen molar-refractivity contribution in [3.63, 3.8) is 0 Å². The van der Waals surface area contributed by atoms with E-state index in [1.807, 2.05) is 10.0 Å². The number of anilines is 2. The van der Waals surface area contributed by atoms with Crippen molar-refractivity contribution in [2.45, 2.75) is 0 Å². The number of aromatic carboxylic acids is 1. The van der Waals surface area contributed by atoms with E-state index < -0.39 is 43.7 Å². The number of ether oxygens (including phenoxy) is 2. The fourth-order valence-electron chi connectivity index (χ4n) is 1.80. The zero-order valence-electron chi connectivity index (χ0n) is 14.0. The lowest BCUT2D eigenvalue weighted by Gasteiger charge is -2.10. The van der Waals surface area contributed by atoms with Crippen LogP contribution in [0.5, 0.6) is 11.8 Å². The molecule has 0 atom stereocenters. The van der Waals surface area contributed by atoms with E-state index in [0.29, 0.717) is 0 Å². The summed E-state index contributed by atoms with van der Waals surface area (Å²) in [6.07, 6.45) is 0. The molecule has 2 aromatic rings. The van der Waals surface area contributed by atoms with E-state index in [1.54, 1.807) is 0 Å². The molecule has 15 heteroatoms. The normalized spacial score (nSPS) is 11.0. The topological polar surface area (TPSA) is 175 Å². The molecule has 0 aliphatic carbocycles. The van der Waals surface area contributed by atoms with Crippen molar-refractivity contribution in [1.82, 2.24) is 19.7 Å². The molecule has 2 heterocycles. The second-order valence-electron chi connectivity index (χ2n) is 4.74. The molecule has 3 N–H and O–H groups in total. The lowest BCUT2D eigenvalue weighted by molar-refractivity contribution is 0.0698. The molecule has 0 radical (unpaired) electrons. The minimum Gasteiger partial charge on any atom is -0.481 e. The van der Waals surface area contributed by atoms with Crippen molar-refractivity contribution >= 4 is 44.6 Å². The fraction of sp³-hybridized carbons (Fsp3) is 0.250. The van der Waals surface area contributed by atoms with Crippen LogP contribution in [0.4, 0.5) is 16.6 Å². The summed E-state index contributed by atoms with van der Waals surface area (Å²) in [5, 5.41) is 12.6. The molecule has 0 aliphatic rings. The molecule has 0 aromatic carbocycles. The lowest BCUT2D eigenvalue weighted by atomic mass is 10.3. The van der Waals surface area contributed by atoms with Crippen molar-refractivity contribution < 1.29 is 32.6 Å². The number of hydrogen-bond donors (Lipinski definition) is 3. The predicted molar refractivity (Wildman–Crippen MR) is 91.9 cm³/mol. The van der Waals surface area contributed by atoms with Crippen LogP contribution in [-0.2, 0) is 17.1 Å². The van der Waals surface area contributed by atoms with E-state index >= 15 is 0 Å². The minimum atomic E-state index is -4.76. The van der Waals surface area contributed by atoms with Crippen LogP contribution in [0.3, 0.4) is 0 Å². The molecule has 0 saturated carbocycles. The van der Waals surface area contributed by atoms with Crippen LogP contribution in [0.15, 0.2) is 6.07 Å². The van der Waals surface area contributed by atoms with E-state index in [9.17, 15) is 18.0 Å². The Balaban J connectivity index is 2.31. The first-order valence-electron chi connectivity index (χ1n) is 6.85. The zero-order chi connectivity index (χ0) is 20.4. The summed E-state index contributed by atoms with van der Waals surface area (Å²) in [5.41, 5.74) is -0.616. The van der Waals surface area contributed by atoms with E-state index in [-0.39, 0.29) is 11.8 Å². The highest BCUT2D eigenvalue weighted by atomic mass is 35.5. The summed E-state index contributed by atoms with van der Waals surface area (Å²) < 4.78 is 36.9. The van der Waals surface area contributed by atoms with Gasteiger partial charge >= 0.3 is 21.2 Å². The molecule has 13 nitrogen and oxygen atoms in total. The number of nitrogens with one attached hydrogen (secondary N) is 2. The largest absolute Gasteiger partial charge is 0.481 e. The first-order valence-corrected chi connectivity index (χ1v) is 8.71. The zero-order valence-corrected chi connectivity index (χ0v) is 15.6. The van der Waals surface area contributed by atoms with Gasteiger partial charge < -0.3 is 14.6 Å². The van der Waals surface area contributed by atoms with Crippen LogP contribution in [-0.4, -0.2) is 58.7 Å². The highest BCUT2D eigenvalue weighted by Crippen LogP contribution is 2.25. The highest BCUT2D eigenvalue weighted by molar-refractivity contribution is 8.07. The van der Waals surface area contributed by atoms with Gasteiger partial charge in [0.25, 0.3) is 0 Å². The number of carbonyl (C=O) groups is 2. The Morgan fingerprint density at radius 3 is 2.26 bits per heavy atom. The van der Waals surface area contributed by atoms with E-state index in [1.165, 1.54) is 27.3 Å². The number of hydrogen-bond acceptors (Lipinski definition) is 9. The molecule has 2 rings (SSSR count). The van der Waals surface area contributed by atoms with Crippen LogP contribution in [0.2, 0.25) is 5.15 Å². The van der Waals surface area contributed by atoms with Gasteiger partial charge in [0.2, 0.25) is 17.7 Å². The number of aryl methyl sites for hydroxylation is 1. The first kappa shape index (κ1) is 20.2. The molecule has 0 saturated heterocycles. The van der Waals surface area contributed by atoms with E-state index in [4.69, 9.17) is 26.2 Å². The second-order valence-corrected chi connectivity index (χ2v) is 6.68. The molecule has 0 spiro atoms. The Morgan fingerprint density at radius 2 is 1.78 bits per heavy atom. The number of halogens is 1. The third-order valence-corrected chi connectivity index (χ3v) is 4.32. The quantitative estimate of drug-likeness (QED) is 0.598. The average molecular weight is 421 g/mol. The number of carboxylic acids is 1.